The molecule has 0 unspecified atom stereocenters. The second-order valence-electron chi connectivity index (χ2n) is 5.61. The highest BCUT2D eigenvalue weighted by Crippen LogP contribution is 2.35. The molecule has 4 rings (SSSR count). The Bertz CT molecular complexity index is 931. The third-order valence-electron chi connectivity index (χ3n) is 3.93. The molecule has 25 heavy (non-hydrogen) atoms. The minimum absolute atomic E-state index is 0.0226. The first-order valence-corrected chi connectivity index (χ1v) is 7.81. The van der Waals surface area contributed by atoms with Gasteiger partial charge in [0.05, 0.1) is 5.69 Å². The summed E-state index contributed by atoms with van der Waals surface area (Å²) >= 11 is 0. The molecule has 2 N–H and O–H groups in total. The second kappa shape index (κ2) is 6.16. The van der Waals surface area contributed by atoms with Crippen LogP contribution in [-0.2, 0) is 4.79 Å². The van der Waals surface area contributed by atoms with Crippen molar-refractivity contribution in [3.05, 3.63) is 72.6 Å². The molecule has 0 bridgehead atoms. The molecule has 0 atom stereocenters. The van der Waals surface area contributed by atoms with E-state index in [-0.39, 0.29) is 18.4 Å². The van der Waals surface area contributed by atoms with Crippen LogP contribution in [0.5, 0.6) is 5.75 Å². The Morgan fingerprint density at radius 2 is 1.80 bits per heavy atom. The van der Waals surface area contributed by atoms with E-state index in [4.69, 9.17) is 4.74 Å². The van der Waals surface area contributed by atoms with E-state index in [1.807, 2.05) is 41.2 Å². The zero-order chi connectivity index (χ0) is 17.2. The van der Waals surface area contributed by atoms with Gasteiger partial charge in [0.2, 0.25) is 0 Å². The quantitative estimate of drug-likeness (QED) is 0.774. The fraction of sp³-hybridized carbons (Fsp3) is 0.0526. The van der Waals surface area contributed by atoms with Crippen molar-refractivity contribution < 1.29 is 14.3 Å². The Hall–Kier alpha value is -3.54. The number of carbonyl (C=O) groups excluding carboxylic acids is 2. The van der Waals surface area contributed by atoms with Gasteiger partial charge in [-0.2, -0.15) is 0 Å². The first kappa shape index (κ1) is 15.0. The largest absolute Gasteiger partial charge is 0.481 e. The number of hydrogen-bond donors (Lipinski definition) is 2. The van der Waals surface area contributed by atoms with E-state index in [9.17, 15) is 9.59 Å². The molecule has 6 nitrogen and oxygen atoms in total. The Balaban J connectivity index is 1.56. The van der Waals surface area contributed by atoms with Gasteiger partial charge >= 0.3 is 0 Å². The molecule has 1 aliphatic heterocycles. The van der Waals surface area contributed by atoms with Crippen LogP contribution >= 0.6 is 0 Å². The standard InChI is InChI=1S/C19H15N3O3/c23-17-12-25-16-5-3-4-15(18(16)21-17)20-19(24)13-6-8-14(9-7-13)22-10-1-2-11-22/h1-11H,12H2,(H,20,24)(H,21,23). The van der Waals surface area contributed by atoms with Gasteiger partial charge in [-0.25, -0.2) is 0 Å². The number of amides is 2. The number of fused-ring (bicyclic) bond motifs is 1. The molecule has 1 aliphatic rings. The smallest absolute Gasteiger partial charge is 0.262 e. The summed E-state index contributed by atoms with van der Waals surface area (Å²) in [7, 11) is 0. The molecule has 2 amide bonds. The normalized spacial score (nSPS) is 12.7. The maximum absolute atomic E-state index is 12.5. The number of benzene rings is 2. The van der Waals surface area contributed by atoms with E-state index in [1.54, 1.807) is 30.3 Å². The molecule has 0 saturated carbocycles. The minimum Gasteiger partial charge on any atom is -0.481 e. The maximum atomic E-state index is 12.5. The third-order valence-corrected chi connectivity index (χ3v) is 3.93. The third kappa shape index (κ3) is 2.97. The van der Waals surface area contributed by atoms with Crippen molar-refractivity contribution in [3.8, 4) is 11.4 Å². The van der Waals surface area contributed by atoms with Gasteiger partial charge in [0.1, 0.15) is 11.4 Å². The van der Waals surface area contributed by atoms with Crippen molar-refractivity contribution in [1.82, 2.24) is 4.57 Å². The summed E-state index contributed by atoms with van der Waals surface area (Å²) in [6.45, 7) is -0.0226. The Labute approximate surface area is 144 Å². The van der Waals surface area contributed by atoms with Gasteiger partial charge in [0.15, 0.2) is 6.61 Å². The highest BCUT2D eigenvalue weighted by atomic mass is 16.5. The SMILES string of the molecule is O=C1COc2cccc(NC(=O)c3ccc(-n4cccc4)cc3)c2N1. The van der Waals surface area contributed by atoms with Crippen LogP contribution in [0.3, 0.4) is 0 Å². The minimum atomic E-state index is -0.257. The van der Waals surface area contributed by atoms with Crippen LogP contribution in [0.15, 0.2) is 67.0 Å². The first-order chi connectivity index (χ1) is 12.2. The molecule has 2 heterocycles. The van der Waals surface area contributed by atoms with Gasteiger partial charge in [-0.1, -0.05) is 6.07 Å². The highest BCUT2D eigenvalue weighted by molar-refractivity contribution is 6.08. The lowest BCUT2D eigenvalue weighted by Crippen LogP contribution is -2.26. The van der Waals surface area contributed by atoms with E-state index in [1.165, 1.54) is 0 Å². The summed E-state index contributed by atoms with van der Waals surface area (Å²) in [6.07, 6.45) is 3.88. The lowest BCUT2D eigenvalue weighted by atomic mass is 10.1. The predicted molar refractivity (Wildman–Crippen MR) is 94.3 cm³/mol. The number of nitrogens with one attached hydrogen (secondary N) is 2. The van der Waals surface area contributed by atoms with Gasteiger partial charge in [0, 0.05) is 23.6 Å². The molecule has 0 saturated heterocycles. The number of carbonyl (C=O) groups is 2. The van der Waals surface area contributed by atoms with Crippen LogP contribution in [0.4, 0.5) is 11.4 Å². The summed E-state index contributed by atoms with van der Waals surface area (Å²) in [6, 6.07) is 16.4. The van der Waals surface area contributed by atoms with Crippen LogP contribution in [0.2, 0.25) is 0 Å². The molecule has 124 valence electrons. The lowest BCUT2D eigenvalue weighted by Gasteiger charge is -2.20. The Morgan fingerprint density at radius 1 is 1.04 bits per heavy atom. The summed E-state index contributed by atoms with van der Waals surface area (Å²) < 4.78 is 7.32. The molecule has 3 aromatic rings. The number of aromatic nitrogens is 1. The van der Waals surface area contributed by atoms with Gasteiger partial charge in [-0.3, -0.25) is 9.59 Å². The summed E-state index contributed by atoms with van der Waals surface area (Å²) in [5.41, 5.74) is 2.48. The molecule has 0 spiro atoms. The maximum Gasteiger partial charge on any atom is 0.262 e. The second-order valence-corrected chi connectivity index (χ2v) is 5.61. The number of nitrogens with zero attached hydrogens (tertiary/aromatic N) is 1. The van der Waals surface area contributed by atoms with E-state index in [0.717, 1.165) is 5.69 Å². The van der Waals surface area contributed by atoms with Crippen molar-refractivity contribution in [2.24, 2.45) is 0 Å². The summed E-state index contributed by atoms with van der Waals surface area (Å²) in [5, 5.41) is 5.55. The monoisotopic (exact) mass is 333 g/mol. The molecule has 0 radical (unpaired) electrons. The van der Waals surface area contributed by atoms with E-state index >= 15 is 0 Å². The summed E-state index contributed by atoms with van der Waals surface area (Å²) in [4.78, 5) is 24.0. The lowest BCUT2D eigenvalue weighted by molar-refractivity contribution is -0.118. The number of para-hydroxylation sites is 1. The molecule has 2 aromatic carbocycles. The van der Waals surface area contributed by atoms with E-state index < -0.39 is 0 Å². The van der Waals surface area contributed by atoms with Crippen LogP contribution in [-0.4, -0.2) is 23.0 Å². The molecule has 6 heteroatoms. The van der Waals surface area contributed by atoms with E-state index in [0.29, 0.717) is 22.7 Å². The van der Waals surface area contributed by atoms with Crippen molar-refractivity contribution in [2.45, 2.75) is 0 Å². The highest BCUT2D eigenvalue weighted by Gasteiger charge is 2.20. The van der Waals surface area contributed by atoms with Crippen LogP contribution in [0.25, 0.3) is 5.69 Å². The Kier molecular flexibility index (Phi) is 3.70. The fourth-order valence-electron chi connectivity index (χ4n) is 2.69. The van der Waals surface area contributed by atoms with E-state index in [2.05, 4.69) is 10.6 Å². The van der Waals surface area contributed by atoms with Crippen molar-refractivity contribution in [2.75, 3.05) is 17.2 Å². The number of anilines is 2. The molecule has 1 aromatic heterocycles. The molecule has 0 aliphatic carbocycles. The van der Waals surface area contributed by atoms with Crippen molar-refractivity contribution in [1.29, 1.82) is 0 Å². The average molecular weight is 333 g/mol. The van der Waals surface area contributed by atoms with Gasteiger partial charge in [-0.05, 0) is 48.5 Å². The number of hydrogen-bond acceptors (Lipinski definition) is 3. The van der Waals surface area contributed by atoms with Crippen LogP contribution in [0, 0.1) is 0 Å². The molecular formula is C19H15N3O3. The van der Waals surface area contributed by atoms with Gasteiger partial charge in [-0.15, -0.1) is 0 Å². The predicted octanol–water partition coefficient (Wildman–Crippen LogP) is 3.06. The number of ether oxygens (including phenoxy) is 1. The zero-order valence-corrected chi connectivity index (χ0v) is 13.2. The average Bonchev–Trinajstić information content (AvgIpc) is 3.17. The molecule has 0 fully saturated rings. The van der Waals surface area contributed by atoms with Crippen molar-refractivity contribution in [3.63, 3.8) is 0 Å². The summed E-state index contributed by atoms with van der Waals surface area (Å²) in [5.74, 6) is 0.0397. The number of rotatable bonds is 3. The van der Waals surface area contributed by atoms with Crippen molar-refractivity contribution >= 4 is 23.2 Å². The fourth-order valence-corrected chi connectivity index (χ4v) is 2.69. The topological polar surface area (TPSA) is 72.4 Å². The van der Waals surface area contributed by atoms with Gasteiger partial charge < -0.3 is 19.9 Å². The van der Waals surface area contributed by atoms with Crippen LogP contribution in [0.1, 0.15) is 10.4 Å². The first-order valence-electron chi connectivity index (χ1n) is 7.81. The molecular weight excluding hydrogens is 318 g/mol. The van der Waals surface area contributed by atoms with Gasteiger partial charge in [0.25, 0.3) is 11.8 Å². The van der Waals surface area contributed by atoms with Crippen LogP contribution < -0.4 is 15.4 Å². The zero-order valence-electron chi connectivity index (χ0n) is 13.2. The Morgan fingerprint density at radius 3 is 2.56 bits per heavy atom.